The van der Waals surface area contributed by atoms with Gasteiger partial charge in [-0.1, -0.05) is 6.58 Å². The summed E-state index contributed by atoms with van der Waals surface area (Å²) in [6.07, 6.45) is 0. The maximum absolute atomic E-state index is 11.0. The van der Waals surface area contributed by atoms with Gasteiger partial charge in [0, 0.05) is 6.92 Å². The molecule has 0 amide bonds. The summed E-state index contributed by atoms with van der Waals surface area (Å²) in [5.41, 5.74) is -0.118. The predicted octanol–water partition coefficient (Wildman–Crippen LogP) is 0.812. The molecule has 0 aliphatic carbocycles. The van der Waals surface area contributed by atoms with Crippen LogP contribution in [0.4, 0.5) is 0 Å². The fraction of sp³-hybridized carbons (Fsp3) is 0.643. The number of carbonyl (C=O) groups is 1. The van der Waals surface area contributed by atoms with E-state index in [1.165, 1.54) is 11.8 Å². The zero-order chi connectivity index (χ0) is 13.5. The average molecular weight is 238 g/mol. The van der Waals surface area contributed by atoms with Crippen molar-refractivity contribution in [2.24, 2.45) is 0 Å². The highest BCUT2D eigenvalue weighted by Gasteiger charge is 2.26. The molecular formula is C14H24NO2+. The highest BCUT2D eigenvalue weighted by Crippen LogP contribution is 2.18. The van der Waals surface area contributed by atoms with Gasteiger partial charge in [0.15, 0.2) is 5.60 Å². The third-order valence-electron chi connectivity index (χ3n) is 2.83. The minimum absolute atomic E-state index is 0.333. The van der Waals surface area contributed by atoms with Gasteiger partial charge >= 0.3 is 5.97 Å². The number of esters is 1. The fourth-order valence-electron chi connectivity index (χ4n) is 1.34. The van der Waals surface area contributed by atoms with Crippen molar-refractivity contribution in [3.63, 3.8) is 0 Å². The lowest BCUT2D eigenvalue weighted by Crippen LogP contribution is -3.11. The van der Waals surface area contributed by atoms with Gasteiger partial charge in [0.25, 0.3) is 0 Å². The molecule has 96 valence electrons. The number of quaternary nitrogens is 1. The smallest absolute Gasteiger partial charge is 0.304 e. The van der Waals surface area contributed by atoms with Crippen LogP contribution in [0.2, 0.25) is 0 Å². The first-order valence-electron chi connectivity index (χ1n) is 6.04. The van der Waals surface area contributed by atoms with Crippen LogP contribution in [0.5, 0.6) is 0 Å². The Morgan fingerprint density at radius 3 is 2.24 bits per heavy atom. The minimum atomic E-state index is -0.863. The van der Waals surface area contributed by atoms with Crippen molar-refractivity contribution < 1.29 is 14.4 Å². The van der Waals surface area contributed by atoms with E-state index in [1.807, 2.05) is 6.92 Å². The van der Waals surface area contributed by atoms with Crippen LogP contribution >= 0.6 is 0 Å². The van der Waals surface area contributed by atoms with Gasteiger partial charge in [0.05, 0.1) is 13.1 Å². The van der Waals surface area contributed by atoms with Crippen molar-refractivity contribution in [1.82, 2.24) is 0 Å². The Hall–Kier alpha value is -1.27. The zero-order valence-electron chi connectivity index (χ0n) is 11.6. The van der Waals surface area contributed by atoms with Gasteiger partial charge in [-0.3, -0.25) is 4.79 Å². The first-order chi connectivity index (χ1) is 7.85. The van der Waals surface area contributed by atoms with Gasteiger partial charge in [-0.05, 0) is 45.1 Å². The van der Waals surface area contributed by atoms with Crippen LogP contribution < -0.4 is 4.90 Å². The molecule has 3 nitrogen and oxygen atoms in total. The Morgan fingerprint density at radius 1 is 1.35 bits per heavy atom. The van der Waals surface area contributed by atoms with E-state index >= 15 is 0 Å². The van der Waals surface area contributed by atoms with E-state index in [0.717, 1.165) is 25.2 Å². The molecule has 0 heterocycles. The number of carbonyl (C=O) groups excluding carboxylic acids is 1. The lowest BCUT2D eigenvalue weighted by Gasteiger charge is -2.23. The summed E-state index contributed by atoms with van der Waals surface area (Å²) in [5, 5.41) is 0. The molecule has 0 aliphatic heterocycles. The van der Waals surface area contributed by atoms with Gasteiger partial charge in [-0.15, -0.1) is 0 Å². The lowest BCUT2D eigenvalue weighted by molar-refractivity contribution is -0.889. The van der Waals surface area contributed by atoms with Crippen LogP contribution in [0, 0.1) is 11.8 Å². The first kappa shape index (κ1) is 15.7. The molecule has 0 saturated carbocycles. The topological polar surface area (TPSA) is 30.7 Å². The molecule has 1 N–H and O–H groups in total. The van der Waals surface area contributed by atoms with Crippen molar-refractivity contribution in [2.45, 2.75) is 40.2 Å². The molecule has 0 unspecified atom stereocenters. The second-order valence-corrected chi connectivity index (χ2v) is 4.34. The van der Waals surface area contributed by atoms with Gasteiger partial charge in [0.1, 0.15) is 6.54 Å². The van der Waals surface area contributed by atoms with E-state index in [-0.39, 0.29) is 5.97 Å². The molecule has 0 saturated heterocycles. The molecule has 0 radical (unpaired) electrons. The Labute approximate surface area is 105 Å². The number of hydrogen-bond donors (Lipinski definition) is 1. The first-order valence-corrected chi connectivity index (χ1v) is 6.04. The molecule has 0 aromatic rings. The summed E-state index contributed by atoms with van der Waals surface area (Å²) >= 11 is 0. The summed E-state index contributed by atoms with van der Waals surface area (Å²) in [4.78, 5) is 12.4. The molecule has 0 aliphatic rings. The van der Waals surface area contributed by atoms with E-state index in [0.29, 0.717) is 0 Å². The van der Waals surface area contributed by atoms with Gasteiger partial charge in [-0.25, -0.2) is 0 Å². The van der Waals surface area contributed by atoms with Crippen LogP contribution in [-0.4, -0.2) is 31.2 Å². The molecule has 0 rings (SSSR count). The SMILES string of the molecule is C=C(C)[C@](C)(C#CC[NH+](CC)CC)OC(C)=O. The number of hydrogen-bond acceptors (Lipinski definition) is 2. The Morgan fingerprint density at radius 2 is 1.88 bits per heavy atom. The molecule has 0 spiro atoms. The largest absolute Gasteiger partial charge is 0.442 e. The Bertz CT molecular complexity index is 334. The van der Waals surface area contributed by atoms with Crippen molar-refractivity contribution >= 4 is 5.97 Å². The summed E-state index contributed by atoms with van der Waals surface area (Å²) in [6, 6.07) is 0. The third-order valence-corrected chi connectivity index (χ3v) is 2.83. The van der Waals surface area contributed by atoms with Crippen molar-refractivity contribution in [2.75, 3.05) is 19.6 Å². The summed E-state index contributed by atoms with van der Waals surface area (Å²) in [6.45, 7) is 15.9. The Balaban J connectivity index is 4.71. The molecule has 0 aromatic heterocycles. The molecule has 1 atom stereocenters. The van der Waals surface area contributed by atoms with Crippen LogP contribution in [0.3, 0.4) is 0 Å². The number of rotatable bonds is 5. The summed E-state index contributed by atoms with van der Waals surface area (Å²) in [7, 11) is 0. The standard InChI is InChI=1S/C14H23NO2/c1-7-15(8-2)11-9-10-14(6,12(3)4)17-13(5)16/h3,7-8,11H2,1-2,4-6H3/p+1/t14-/m0/s1. The van der Waals surface area contributed by atoms with Crippen LogP contribution in [-0.2, 0) is 9.53 Å². The number of ether oxygens (including phenoxy) is 1. The summed E-state index contributed by atoms with van der Waals surface area (Å²) < 4.78 is 5.23. The van der Waals surface area contributed by atoms with E-state index < -0.39 is 5.60 Å². The average Bonchev–Trinajstić information content (AvgIpc) is 2.23. The minimum Gasteiger partial charge on any atom is -0.442 e. The fourth-order valence-corrected chi connectivity index (χ4v) is 1.34. The zero-order valence-corrected chi connectivity index (χ0v) is 11.6. The predicted molar refractivity (Wildman–Crippen MR) is 69.7 cm³/mol. The van der Waals surface area contributed by atoms with Gasteiger partial charge in [-0.2, -0.15) is 0 Å². The molecule has 0 fully saturated rings. The lowest BCUT2D eigenvalue weighted by atomic mass is 9.99. The van der Waals surface area contributed by atoms with Crippen LogP contribution in [0.25, 0.3) is 0 Å². The van der Waals surface area contributed by atoms with Crippen molar-refractivity contribution in [3.05, 3.63) is 12.2 Å². The second kappa shape index (κ2) is 7.13. The highest BCUT2D eigenvalue weighted by molar-refractivity contribution is 5.67. The molecular weight excluding hydrogens is 214 g/mol. The quantitative estimate of drug-likeness (QED) is 0.436. The van der Waals surface area contributed by atoms with E-state index in [1.54, 1.807) is 6.92 Å². The van der Waals surface area contributed by atoms with Crippen molar-refractivity contribution in [3.8, 4) is 11.8 Å². The van der Waals surface area contributed by atoms with E-state index in [4.69, 9.17) is 4.74 Å². The third kappa shape index (κ3) is 5.55. The second-order valence-electron chi connectivity index (χ2n) is 4.34. The summed E-state index contributed by atoms with van der Waals surface area (Å²) in [5.74, 6) is 5.77. The molecule has 17 heavy (non-hydrogen) atoms. The van der Waals surface area contributed by atoms with Crippen LogP contribution in [0.1, 0.15) is 34.6 Å². The Kier molecular flexibility index (Phi) is 6.60. The highest BCUT2D eigenvalue weighted by atomic mass is 16.6. The van der Waals surface area contributed by atoms with Crippen LogP contribution in [0.15, 0.2) is 12.2 Å². The van der Waals surface area contributed by atoms with Gasteiger partial charge in [0.2, 0.25) is 0 Å². The van der Waals surface area contributed by atoms with Crippen molar-refractivity contribution in [1.29, 1.82) is 0 Å². The molecule has 0 bridgehead atoms. The molecule has 0 aromatic carbocycles. The maximum Gasteiger partial charge on any atom is 0.304 e. The molecule has 3 heteroatoms. The van der Waals surface area contributed by atoms with E-state index in [9.17, 15) is 4.79 Å². The monoisotopic (exact) mass is 238 g/mol. The van der Waals surface area contributed by atoms with E-state index in [2.05, 4.69) is 32.3 Å². The van der Waals surface area contributed by atoms with Gasteiger partial charge < -0.3 is 9.64 Å². The maximum atomic E-state index is 11.0. The number of nitrogens with one attached hydrogen (secondary N) is 1. The normalized spacial score (nSPS) is 13.5.